The lowest BCUT2D eigenvalue weighted by atomic mass is 9.98. The zero-order valence-electron chi connectivity index (χ0n) is 8.76. The van der Waals surface area contributed by atoms with E-state index >= 15 is 0 Å². The molecule has 80 valence electrons. The highest BCUT2D eigenvalue weighted by Gasteiger charge is 2.34. The lowest BCUT2D eigenvalue weighted by Gasteiger charge is -2.37. The zero-order chi connectivity index (χ0) is 10.5. The molecule has 0 saturated carbocycles. The number of rotatable bonds is 6. The molecule has 0 aromatic carbocycles. The van der Waals surface area contributed by atoms with Gasteiger partial charge in [-0.3, -0.25) is 0 Å². The lowest BCUT2D eigenvalue weighted by Crippen LogP contribution is -2.65. The van der Waals surface area contributed by atoms with E-state index in [0.29, 0.717) is 0 Å². The van der Waals surface area contributed by atoms with Crippen LogP contribution in [-0.4, -0.2) is 55.8 Å². The van der Waals surface area contributed by atoms with E-state index in [1.165, 1.54) is 0 Å². The average molecular weight is 191 g/mol. The Balaban J connectivity index is 4.42. The van der Waals surface area contributed by atoms with Crippen LogP contribution >= 0.6 is 0 Å². The minimum absolute atomic E-state index is 0.101. The molecule has 13 heavy (non-hydrogen) atoms. The van der Waals surface area contributed by atoms with Gasteiger partial charge in [-0.1, -0.05) is 0 Å². The molecule has 0 spiro atoms. The van der Waals surface area contributed by atoms with Crippen molar-refractivity contribution in [2.75, 3.05) is 27.7 Å². The van der Waals surface area contributed by atoms with E-state index in [4.69, 9.17) is 5.11 Å². The van der Waals surface area contributed by atoms with Crippen LogP contribution in [0.5, 0.6) is 0 Å². The maximum absolute atomic E-state index is 9.88. The molecule has 2 unspecified atom stereocenters. The van der Waals surface area contributed by atoms with E-state index in [1.54, 1.807) is 21.1 Å². The maximum Gasteiger partial charge on any atom is 0.103 e. The summed E-state index contributed by atoms with van der Waals surface area (Å²) >= 11 is 0. The number of likely N-dealkylation sites (N-methyl/N-ethyl adjacent to an activating group) is 3. The Morgan fingerprint density at radius 2 is 1.69 bits per heavy atom. The molecule has 2 atom stereocenters. The summed E-state index contributed by atoms with van der Waals surface area (Å²) in [5.41, 5.74) is -0.601. The van der Waals surface area contributed by atoms with E-state index in [-0.39, 0.29) is 12.6 Å². The summed E-state index contributed by atoms with van der Waals surface area (Å²) in [5, 5.41) is 27.6. The van der Waals surface area contributed by atoms with Crippen molar-refractivity contribution in [2.24, 2.45) is 0 Å². The Morgan fingerprint density at radius 3 is 1.92 bits per heavy atom. The fourth-order valence-corrected chi connectivity index (χ4v) is 1.17. The van der Waals surface area contributed by atoms with Crippen molar-refractivity contribution in [1.29, 1.82) is 0 Å². The molecule has 5 nitrogen and oxygen atoms in total. The van der Waals surface area contributed by atoms with Gasteiger partial charge in [0.1, 0.15) is 6.10 Å². The first-order valence-corrected chi connectivity index (χ1v) is 4.39. The normalized spacial score (nSPS) is 17.1. The van der Waals surface area contributed by atoms with Gasteiger partial charge in [0.05, 0.1) is 18.3 Å². The molecule has 0 fully saturated rings. The molecule has 0 aromatic rings. The van der Waals surface area contributed by atoms with E-state index < -0.39 is 11.8 Å². The van der Waals surface area contributed by atoms with Gasteiger partial charge in [-0.15, -0.1) is 0 Å². The number of hydrogen-bond acceptors (Lipinski definition) is 5. The smallest absolute Gasteiger partial charge is 0.103 e. The van der Waals surface area contributed by atoms with Crippen LogP contribution < -0.4 is 16.0 Å². The topological polar surface area (TPSA) is 76.5 Å². The summed E-state index contributed by atoms with van der Waals surface area (Å²) < 4.78 is 0. The van der Waals surface area contributed by atoms with Crippen molar-refractivity contribution < 1.29 is 10.2 Å². The molecule has 0 rings (SSSR count). The second kappa shape index (κ2) is 5.51. The highest BCUT2D eigenvalue weighted by Crippen LogP contribution is 2.08. The predicted octanol–water partition coefficient (Wildman–Crippen LogP) is -1.92. The van der Waals surface area contributed by atoms with Crippen molar-refractivity contribution >= 4 is 0 Å². The monoisotopic (exact) mass is 191 g/mol. The summed E-state index contributed by atoms with van der Waals surface area (Å²) in [6.45, 7) is 1.73. The molecule has 0 radical (unpaired) electrons. The summed E-state index contributed by atoms with van der Waals surface area (Å²) in [7, 11) is 5.21. The van der Waals surface area contributed by atoms with Crippen LogP contribution in [0.15, 0.2) is 0 Å². The van der Waals surface area contributed by atoms with Crippen molar-refractivity contribution in [3.63, 3.8) is 0 Å². The molecule has 0 heterocycles. The Morgan fingerprint density at radius 1 is 1.23 bits per heavy atom. The Bertz CT molecular complexity index is 135. The third-order valence-electron chi connectivity index (χ3n) is 2.58. The van der Waals surface area contributed by atoms with Gasteiger partial charge >= 0.3 is 0 Å². The minimum Gasteiger partial charge on any atom is -0.395 e. The van der Waals surface area contributed by atoms with Crippen LogP contribution in [0.4, 0.5) is 0 Å². The summed E-state index contributed by atoms with van der Waals surface area (Å²) in [6, 6.07) is -0.343. The van der Waals surface area contributed by atoms with Crippen molar-refractivity contribution in [3.05, 3.63) is 0 Å². The molecule has 5 N–H and O–H groups in total. The van der Waals surface area contributed by atoms with Crippen LogP contribution in [0.1, 0.15) is 6.92 Å². The van der Waals surface area contributed by atoms with Gasteiger partial charge in [-0.2, -0.15) is 0 Å². The standard InChI is InChI=1S/C8H21N3O2/c1-8(10-3,11-4)7(13)6(5-12)9-2/h6-7,9-13H,5H2,1-4H3. The SMILES string of the molecule is CNC(CO)C(O)C(C)(NC)NC. The van der Waals surface area contributed by atoms with Crippen LogP contribution in [-0.2, 0) is 0 Å². The number of aliphatic hydroxyl groups excluding tert-OH is 2. The fourth-order valence-electron chi connectivity index (χ4n) is 1.17. The van der Waals surface area contributed by atoms with Crippen molar-refractivity contribution in [3.8, 4) is 0 Å². The zero-order valence-corrected chi connectivity index (χ0v) is 8.76. The van der Waals surface area contributed by atoms with Gasteiger partial charge < -0.3 is 26.2 Å². The molecule has 0 aliphatic heterocycles. The second-order valence-electron chi connectivity index (χ2n) is 3.22. The maximum atomic E-state index is 9.88. The number of aliphatic hydroxyl groups is 2. The first-order valence-electron chi connectivity index (χ1n) is 4.39. The van der Waals surface area contributed by atoms with E-state index in [1.807, 2.05) is 6.92 Å². The highest BCUT2D eigenvalue weighted by atomic mass is 16.3. The lowest BCUT2D eigenvalue weighted by molar-refractivity contribution is 0.0110. The first-order chi connectivity index (χ1) is 6.05. The van der Waals surface area contributed by atoms with Crippen LogP contribution in [0.3, 0.4) is 0 Å². The summed E-state index contributed by atoms with van der Waals surface area (Å²) in [5.74, 6) is 0. The largest absolute Gasteiger partial charge is 0.395 e. The predicted molar refractivity (Wildman–Crippen MR) is 52.5 cm³/mol. The van der Waals surface area contributed by atoms with E-state index in [2.05, 4.69) is 16.0 Å². The Hall–Kier alpha value is -0.200. The quantitative estimate of drug-likeness (QED) is 0.317. The molecule has 5 heteroatoms. The Kier molecular flexibility index (Phi) is 5.43. The number of nitrogens with one attached hydrogen (secondary N) is 3. The Labute approximate surface area is 79.5 Å². The first kappa shape index (κ1) is 12.8. The minimum atomic E-state index is -0.711. The third-order valence-corrected chi connectivity index (χ3v) is 2.58. The van der Waals surface area contributed by atoms with E-state index in [9.17, 15) is 5.11 Å². The van der Waals surface area contributed by atoms with Crippen LogP contribution in [0.2, 0.25) is 0 Å². The summed E-state index contributed by atoms with van der Waals surface area (Å²) in [6.07, 6.45) is -0.711. The van der Waals surface area contributed by atoms with Gasteiger partial charge in [0.25, 0.3) is 0 Å². The molecule has 0 amide bonds. The molecule has 0 bridgehead atoms. The molecular formula is C8H21N3O2. The average Bonchev–Trinajstić information content (AvgIpc) is 2.18. The fraction of sp³-hybridized carbons (Fsp3) is 1.00. The van der Waals surface area contributed by atoms with Gasteiger partial charge in [-0.05, 0) is 28.1 Å². The van der Waals surface area contributed by atoms with Crippen molar-refractivity contribution in [1.82, 2.24) is 16.0 Å². The second-order valence-corrected chi connectivity index (χ2v) is 3.22. The van der Waals surface area contributed by atoms with E-state index in [0.717, 1.165) is 0 Å². The van der Waals surface area contributed by atoms with Gasteiger partial charge in [0.2, 0.25) is 0 Å². The molecule has 0 saturated heterocycles. The molecule has 0 aliphatic carbocycles. The van der Waals surface area contributed by atoms with Crippen molar-refractivity contribution in [2.45, 2.75) is 24.7 Å². The number of hydrogen-bond donors (Lipinski definition) is 5. The van der Waals surface area contributed by atoms with Gasteiger partial charge in [-0.25, -0.2) is 0 Å². The van der Waals surface area contributed by atoms with Gasteiger partial charge in [0.15, 0.2) is 0 Å². The molecule has 0 aliphatic rings. The van der Waals surface area contributed by atoms with Gasteiger partial charge in [0, 0.05) is 0 Å². The van der Waals surface area contributed by atoms with Crippen LogP contribution in [0, 0.1) is 0 Å². The molecular weight excluding hydrogens is 170 g/mol. The summed E-state index contributed by atoms with van der Waals surface area (Å²) in [4.78, 5) is 0. The van der Waals surface area contributed by atoms with Crippen LogP contribution in [0.25, 0.3) is 0 Å². The molecule has 0 aromatic heterocycles. The highest BCUT2D eigenvalue weighted by molar-refractivity contribution is 4.92. The third kappa shape index (κ3) is 2.89.